The van der Waals surface area contributed by atoms with Crippen molar-refractivity contribution in [1.82, 2.24) is 4.90 Å². The largest absolute Gasteiger partial charge is 0.493 e. The van der Waals surface area contributed by atoms with Gasteiger partial charge in [-0.3, -0.25) is 15.0 Å². The smallest absolute Gasteiger partial charge is 0.269 e. The predicted octanol–water partition coefficient (Wildman–Crippen LogP) is 3.38. The highest BCUT2D eigenvalue weighted by molar-refractivity contribution is 5.85. The number of hydrogen-bond acceptors (Lipinski definition) is 6. The van der Waals surface area contributed by atoms with E-state index in [4.69, 9.17) is 15.2 Å². The molecule has 1 saturated heterocycles. The van der Waals surface area contributed by atoms with Gasteiger partial charge in [0.1, 0.15) is 6.61 Å². The second kappa shape index (κ2) is 9.73. The lowest BCUT2D eigenvalue weighted by atomic mass is 10.1. The van der Waals surface area contributed by atoms with E-state index in [1.165, 1.54) is 12.1 Å². The Balaban J connectivity index is 0.00000280. The number of ether oxygens (including phenoxy) is 2. The zero-order valence-corrected chi connectivity index (χ0v) is 16.9. The molecule has 2 N–H and O–H groups in total. The number of benzene rings is 2. The number of halogens is 1. The molecule has 1 aliphatic rings. The summed E-state index contributed by atoms with van der Waals surface area (Å²) in [5.74, 6) is 1.82. The zero-order valence-electron chi connectivity index (χ0n) is 16.0. The number of nitrogens with zero attached hydrogens (tertiary/aromatic N) is 2. The molecule has 0 amide bonds. The number of methoxy groups -OCH3 is 1. The van der Waals surface area contributed by atoms with Gasteiger partial charge in [0.15, 0.2) is 11.5 Å². The van der Waals surface area contributed by atoms with Crippen molar-refractivity contribution in [3.8, 4) is 11.5 Å². The molecule has 2 atom stereocenters. The molecule has 0 saturated carbocycles. The summed E-state index contributed by atoms with van der Waals surface area (Å²) >= 11 is 0. The van der Waals surface area contributed by atoms with Crippen LogP contribution in [0, 0.1) is 16.0 Å². The maximum Gasteiger partial charge on any atom is 0.269 e. The van der Waals surface area contributed by atoms with E-state index in [2.05, 4.69) is 11.8 Å². The molecular weight excluding hydrogens is 382 g/mol. The van der Waals surface area contributed by atoms with Gasteiger partial charge in [0.25, 0.3) is 5.69 Å². The summed E-state index contributed by atoms with van der Waals surface area (Å²) in [5, 5.41) is 10.7. The highest BCUT2D eigenvalue weighted by Gasteiger charge is 2.26. The van der Waals surface area contributed by atoms with Gasteiger partial charge in [0.05, 0.1) is 12.0 Å². The number of nitro groups is 1. The molecule has 2 aromatic rings. The highest BCUT2D eigenvalue weighted by atomic mass is 35.5. The fourth-order valence-corrected chi connectivity index (χ4v) is 3.29. The lowest BCUT2D eigenvalue weighted by molar-refractivity contribution is -0.384. The SMILES string of the molecule is COc1ccc(CN2CC(C)C(N)C2)cc1OCc1ccc([N+](=O)[O-])cc1.Cl. The van der Waals surface area contributed by atoms with E-state index in [-0.39, 0.29) is 24.1 Å². The molecular formula is C20H26ClN3O4. The van der Waals surface area contributed by atoms with Crippen molar-refractivity contribution < 1.29 is 14.4 Å². The summed E-state index contributed by atoms with van der Waals surface area (Å²) in [6, 6.07) is 12.5. The van der Waals surface area contributed by atoms with Gasteiger partial charge >= 0.3 is 0 Å². The van der Waals surface area contributed by atoms with Crippen LogP contribution in [0.3, 0.4) is 0 Å². The molecule has 0 bridgehead atoms. The first-order chi connectivity index (χ1) is 13.0. The Kier molecular flexibility index (Phi) is 7.62. The first-order valence-corrected chi connectivity index (χ1v) is 8.97. The first kappa shape index (κ1) is 21.9. The van der Waals surface area contributed by atoms with Crippen LogP contribution in [0.4, 0.5) is 5.69 Å². The third-order valence-electron chi connectivity index (χ3n) is 4.92. The molecule has 2 aromatic carbocycles. The molecule has 0 aromatic heterocycles. The number of hydrogen-bond donors (Lipinski definition) is 1. The highest BCUT2D eigenvalue weighted by Crippen LogP contribution is 2.30. The normalized spacial score (nSPS) is 19.1. The van der Waals surface area contributed by atoms with E-state index < -0.39 is 4.92 Å². The monoisotopic (exact) mass is 407 g/mol. The average molecular weight is 408 g/mol. The minimum atomic E-state index is -0.414. The molecule has 1 fully saturated rings. The Bertz CT molecular complexity index is 791. The summed E-state index contributed by atoms with van der Waals surface area (Å²) < 4.78 is 11.3. The van der Waals surface area contributed by atoms with Crippen molar-refractivity contribution in [1.29, 1.82) is 0 Å². The fraction of sp³-hybridized carbons (Fsp3) is 0.400. The topological polar surface area (TPSA) is 90.9 Å². The molecule has 1 heterocycles. The molecule has 2 unspecified atom stereocenters. The molecule has 1 aliphatic heterocycles. The molecule has 152 valence electrons. The van der Waals surface area contributed by atoms with Crippen LogP contribution in [0.15, 0.2) is 42.5 Å². The van der Waals surface area contributed by atoms with Gasteiger partial charge in [-0.15, -0.1) is 12.4 Å². The van der Waals surface area contributed by atoms with Gasteiger partial charge in [-0.25, -0.2) is 0 Å². The van der Waals surface area contributed by atoms with Crippen LogP contribution in [0.5, 0.6) is 11.5 Å². The quantitative estimate of drug-likeness (QED) is 0.558. The summed E-state index contributed by atoms with van der Waals surface area (Å²) in [4.78, 5) is 12.7. The molecule has 0 spiro atoms. The second-order valence-electron chi connectivity index (χ2n) is 7.03. The minimum Gasteiger partial charge on any atom is -0.493 e. The van der Waals surface area contributed by atoms with Crippen molar-refractivity contribution in [2.45, 2.75) is 26.1 Å². The van der Waals surface area contributed by atoms with Crippen LogP contribution >= 0.6 is 12.4 Å². The van der Waals surface area contributed by atoms with Gasteiger partial charge in [0, 0.05) is 37.8 Å². The third kappa shape index (κ3) is 5.34. The van der Waals surface area contributed by atoms with Crippen molar-refractivity contribution in [2.24, 2.45) is 11.7 Å². The molecule has 0 aliphatic carbocycles. The van der Waals surface area contributed by atoms with Gasteiger partial charge in [-0.05, 0) is 41.3 Å². The molecule has 28 heavy (non-hydrogen) atoms. The van der Waals surface area contributed by atoms with Crippen molar-refractivity contribution >= 4 is 18.1 Å². The molecule has 8 heteroatoms. The number of nitrogens with two attached hydrogens (primary N) is 1. The maximum absolute atomic E-state index is 10.7. The van der Waals surface area contributed by atoms with Gasteiger partial charge in [-0.1, -0.05) is 13.0 Å². The van der Waals surface area contributed by atoms with Gasteiger partial charge < -0.3 is 15.2 Å². The number of nitro benzene ring substituents is 1. The van der Waals surface area contributed by atoms with Gasteiger partial charge in [0.2, 0.25) is 0 Å². The summed E-state index contributed by atoms with van der Waals surface area (Å²) in [6.07, 6.45) is 0. The van der Waals surface area contributed by atoms with Crippen molar-refractivity contribution in [3.63, 3.8) is 0 Å². The average Bonchev–Trinajstić information content (AvgIpc) is 2.97. The summed E-state index contributed by atoms with van der Waals surface area (Å²) in [5.41, 5.74) is 8.17. The Morgan fingerprint density at radius 2 is 1.82 bits per heavy atom. The maximum atomic E-state index is 10.7. The van der Waals surface area contributed by atoms with E-state index in [1.54, 1.807) is 19.2 Å². The van der Waals surface area contributed by atoms with Crippen LogP contribution in [-0.2, 0) is 13.2 Å². The van der Waals surface area contributed by atoms with Crippen LogP contribution in [0.1, 0.15) is 18.1 Å². The van der Waals surface area contributed by atoms with Crippen LogP contribution in [0.25, 0.3) is 0 Å². The van der Waals surface area contributed by atoms with E-state index in [1.807, 2.05) is 18.2 Å². The Labute approximate surface area is 171 Å². The third-order valence-corrected chi connectivity index (χ3v) is 4.92. The lowest BCUT2D eigenvalue weighted by Crippen LogP contribution is -2.28. The molecule has 3 rings (SSSR count). The van der Waals surface area contributed by atoms with E-state index in [9.17, 15) is 10.1 Å². The summed E-state index contributed by atoms with van der Waals surface area (Å²) in [6.45, 7) is 5.19. The molecule has 0 radical (unpaired) electrons. The number of likely N-dealkylation sites (tertiary alicyclic amines) is 1. The van der Waals surface area contributed by atoms with Gasteiger partial charge in [-0.2, -0.15) is 0 Å². The van der Waals surface area contributed by atoms with Crippen LogP contribution < -0.4 is 15.2 Å². The van der Waals surface area contributed by atoms with E-state index in [0.717, 1.165) is 30.8 Å². The zero-order chi connectivity index (χ0) is 19.4. The first-order valence-electron chi connectivity index (χ1n) is 8.97. The standard InChI is InChI=1S/C20H25N3O4.ClH/c1-14-10-22(12-18(14)21)11-16-5-8-19(26-2)20(9-16)27-13-15-3-6-17(7-4-15)23(24)25;/h3-9,14,18H,10-13,21H2,1-2H3;1H. The summed E-state index contributed by atoms with van der Waals surface area (Å²) in [7, 11) is 1.61. The molecule has 7 nitrogen and oxygen atoms in total. The van der Waals surface area contributed by atoms with Crippen LogP contribution in [0.2, 0.25) is 0 Å². The number of non-ortho nitro benzene ring substituents is 1. The number of rotatable bonds is 7. The van der Waals surface area contributed by atoms with Crippen LogP contribution in [-0.4, -0.2) is 36.1 Å². The Hall–Kier alpha value is -2.35. The Morgan fingerprint density at radius 3 is 2.39 bits per heavy atom. The van der Waals surface area contributed by atoms with Crippen molar-refractivity contribution in [3.05, 3.63) is 63.7 Å². The van der Waals surface area contributed by atoms with E-state index >= 15 is 0 Å². The fourth-order valence-electron chi connectivity index (χ4n) is 3.29. The minimum absolute atomic E-state index is 0. The van der Waals surface area contributed by atoms with Crippen molar-refractivity contribution in [2.75, 3.05) is 20.2 Å². The second-order valence-corrected chi connectivity index (χ2v) is 7.03. The predicted molar refractivity (Wildman–Crippen MR) is 110 cm³/mol. The van der Waals surface area contributed by atoms with E-state index in [0.29, 0.717) is 24.0 Å². The lowest BCUT2D eigenvalue weighted by Gasteiger charge is -2.17. The Morgan fingerprint density at radius 1 is 1.14 bits per heavy atom.